The van der Waals surface area contributed by atoms with Crippen LogP contribution < -0.4 is 15.5 Å². The zero-order valence-electron chi connectivity index (χ0n) is 16.0. The Kier molecular flexibility index (Phi) is 7.07. The van der Waals surface area contributed by atoms with E-state index < -0.39 is 6.03 Å². The fourth-order valence-electron chi connectivity index (χ4n) is 2.72. The molecule has 3 amide bonds. The lowest BCUT2D eigenvalue weighted by atomic mass is 10.1. The standard InChI is InChI=1S/C20H25ClN4O2/c1-5-25(6-2)19(26)17-13-16(10-11-18(17)24(3)4)23-20(27)22-15-9-7-8-14(21)12-15/h7-13H,5-6H2,1-4H3,(H2,22,23,27). The summed E-state index contributed by atoms with van der Waals surface area (Å²) in [4.78, 5) is 28.8. The summed E-state index contributed by atoms with van der Waals surface area (Å²) in [6.45, 7) is 5.12. The number of hydrogen-bond acceptors (Lipinski definition) is 3. The molecular formula is C20H25ClN4O2. The van der Waals surface area contributed by atoms with Gasteiger partial charge in [0.2, 0.25) is 0 Å². The molecule has 0 heterocycles. The lowest BCUT2D eigenvalue weighted by Gasteiger charge is -2.23. The molecule has 0 aliphatic rings. The van der Waals surface area contributed by atoms with Crippen molar-refractivity contribution in [2.24, 2.45) is 0 Å². The SMILES string of the molecule is CCN(CC)C(=O)c1cc(NC(=O)Nc2cccc(Cl)c2)ccc1N(C)C. The summed E-state index contributed by atoms with van der Waals surface area (Å²) in [5.41, 5.74) is 2.47. The normalized spacial score (nSPS) is 10.3. The van der Waals surface area contributed by atoms with Crippen molar-refractivity contribution in [1.29, 1.82) is 0 Å². The van der Waals surface area contributed by atoms with Gasteiger partial charge in [-0.3, -0.25) is 4.79 Å². The molecule has 0 saturated carbocycles. The molecule has 6 nitrogen and oxygen atoms in total. The number of nitrogens with one attached hydrogen (secondary N) is 2. The molecule has 0 aromatic heterocycles. The van der Waals surface area contributed by atoms with Crippen LogP contribution in [0.1, 0.15) is 24.2 Å². The average molecular weight is 389 g/mol. The van der Waals surface area contributed by atoms with Crippen molar-refractivity contribution in [2.45, 2.75) is 13.8 Å². The Morgan fingerprint density at radius 1 is 0.963 bits per heavy atom. The molecule has 0 spiro atoms. The summed E-state index contributed by atoms with van der Waals surface area (Å²) < 4.78 is 0. The zero-order valence-corrected chi connectivity index (χ0v) is 16.8. The number of halogens is 1. The first kappa shape index (κ1) is 20.6. The topological polar surface area (TPSA) is 64.7 Å². The smallest absolute Gasteiger partial charge is 0.323 e. The molecule has 0 unspecified atom stereocenters. The van der Waals surface area contributed by atoms with Crippen molar-refractivity contribution in [1.82, 2.24) is 4.90 Å². The maximum atomic E-state index is 12.9. The molecule has 27 heavy (non-hydrogen) atoms. The van der Waals surface area contributed by atoms with Crippen molar-refractivity contribution in [3.05, 3.63) is 53.1 Å². The number of hydrogen-bond donors (Lipinski definition) is 2. The molecule has 2 aromatic carbocycles. The predicted molar refractivity (Wildman–Crippen MR) is 112 cm³/mol. The highest BCUT2D eigenvalue weighted by molar-refractivity contribution is 6.30. The molecule has 0 aliphatic carbocycles. The molecule has 0 radical (unpaired) electrons. The van der Waals surface area contributed by atoms with Gasteiger partial charge in [0.1, 0.15) is 0 Å². The third-order valence-corrected chi connectivity index (χ3v) is 4.33. The average Bonchev–Trinajstić information content (AvgIpc) is 2.62. The van der Waals surface area contributed by atoms with E-state index in [-0.39, 0.29) is 5.91 Å². The first-order chi connectivity index (χ1) is 12.8. The fraction of sp³-hybridized carbons (Fsp3) is 0.300. The largest absolute Gasteiger partial charge is 0.377 e. The van der Waals surface area contributed by atoms with E-state index in [2.05, 4.69) is 10.6 Å². The lowest BCUT2D eigenvalue weighted by Crippen LogP contribution is -2.32. The van der Waals surface area contributed by atoms with E-state index in [0.29, 0.717) is 35.1 Å². The van der Waals surface area contributed by atoms with E-state index in [9.17, 15) is 9.59 Å². The van der Waals surface area contributed by atoms with Gasteiger partial charge in [-0.1, -0.05) is 17.7 Å². The van der Waals surface area contributed by atoms with E-state index in [1.54, 1.807) is 41.3 Å². The van der Waals surface area contributed by atoms with Gasteiger partial charge in [0.05, 0.1) is 5.56 Å². The molecule has 2 N–H and O–H groups in total. The van der Waals surface area contributed by atoms with Crippen LogP contribution in [0.4, 0.5) is 21.9 Å². The Hall–Kier alpha value is -2.73. The van der Waals surface area contributed by atoms with Crippen LogP contribution in [0.5, 0.6) is 0 Å². The van der Waals surface area contributed by atoms with Crippen LogP contribution in [0, 0.1) is 0 Å². The molecule has 144 valence electrons. The van der Waals surface area contributed by atoms with E-state index in [0.717, 1.165) is 5.69 Å². The molecule has 2 aromatic rings. The summed E-state index contributed by atoms with van der Waals surface area (Å²) in [5.74, 6) is -0.0670. The zero-order chi connectivity index (χ0) is 20.0. The minimum Gasteiger partial charge on any atom is -0.377 e. The molecule has 0 saturated heterocycles. The highest BCUT2D eigenvalue weighted by Crippen LogP contribution is 2.25. The Morgan fingerprint density at radius 2 is 1.59 bits per heavy atom. The van der Waals surface area contributed by atoms with Crippen molar-refractivity contribution in [2.75, 3.05) is 42.7 Å². The number of urea groups is 1. The minimum atomic E-state index is -0.406. The number of carbonyl (C=O) groups excluding carboxylic acids is 2. The van der Waals surface area contributed by atoms with Crippen LogP contribution in [-0.4, -0.2) is 44.0 Å². The molecule has 2 rings (SSSR count). The Morgan fingerprint density at radius 3 is 2.15 bits per heavy atom. The van der Waals surface area contributed by atoms with Crippen LogP contribution in [0.25, 0.3) is 0 Å². The van der Waals surface area contributed by atoms with Crippen molar-refractivity contribution >= 4 is 40.6 Å². The summed E-state index contributed by atoms with van der Waals surface area (Å²) in [7, 11) is 3.76. The summed E-state index contributed by atoms with van der Waals surface area (Å²) in [6.07, 6.45) is 0. The van der Waals surface area contributed by atoms with E-state index in [1.807, 2.05) is 38.9 Å². The van der Waals surface area contributed by atoms with Gasteiger partial charge in [0, 0.05) is 49.3 Å². The van der Waals surface area contributed by atoms with E-state index in [4.69, 9.17) is 11.6 Å². The maximum Gasteiger partial charge on any atom is 0.323 e. The summed E-state index contributed by atoms with van der Waals surface area (Å²) in [5, 5.41) is 6.02. The van der Waals surface area contributed by atoms with Gasteiger partial charge in [0.25, 0.3) is 5.91 Å². The molecule has 7 heteroatoms. The number of rotatable bonds is 6. The van der Waals surface area contributed by atoms with E-state index in [1.165, 1.54) is 0 Å². The predicted octanol–water partition coefficient (Wildman–Crippen LogP) is 4.53. The molecule has 0 bridgehead atoms. The molecule has 0 fully saturated rings. The number of carbonyl (C=O) groups is 2. The second-order valence-electron chi connectivity index (χ2n) is 6.19. The van der Waals surface area contributed by atoms with Gasteiger partial charge in [-0.2, -0.15) is 0 Å². The lowest BCUT2D eigenvalue weighted by molar-refractivity contribution is 0.0773. The summed E-state index contributed by atoms with van der Waals surface area (Å²) in [6, 6.07) is 11.8. The Bertz CT molecular complexity index is 819. The van der Waals surface area contributed by atoms with Crippen molar-refractivity contribution in [3.63, 3.8) is 0 Å². The Labute approximate surface area is 165 Å². The number of benzene rings is 2. The van der Waals surface area contributed by atoms with Crippen molar-refractivity contribution in [3.8, 4) is 0 Å². The quantitative estimate of drug-likeness (QED) is 0.763. The van der Waals surface area contributed by atoms with Crippen LogP contribution in [0.3, 0.4) is 0 Å². The first-order valence-electron chi connectivity index (χ1n) is 8.79. The first-order valence-corrected chi connectivity index (χ1v) is 9.17. The van der Waals surface area contributed by atoms with Crippen LogP contribution in [0.15, 0.2) is 42.5 Å². The second-order valence-corrected chi connectivity index (χ2v) is 6.63. The highest BCUT2D eigenvalue weighted by atomic mass is 35.5. The molecule has 0 aliphatic heterocycles. The number of anilines is 3. The third-order valence-electron chi connectivity index (χ3n) is 4.10. The van der Waals surface area contributed by atoms with Gasteiger partial charge < -0.3 is 20.4 Å². The molecular weight excluding hydrogens is 364 g/mol. The number of amides is 3. The minimum absolute atomic E-state index is 0.0670. The summed E-state index contributed by atoms with van der Waals surface area (Å²) >= 11 is 5.93. The van der Waals surface area contributed by atoms with Crippen LogP contribution >= 0.6 is 11.6 Å². The van der Waals surface area contributed by atoms with Gasteiger partial charge in [-0.25, -0.2) is 4.79 Å². The maximum absolute atomic E-state index is 12.9. The monoisotopic (exact) mass is 388 g/mol. The highest BCUT2D eigenvalue weighted by Gasteiger charge is 2.19. The second kappa shape index (κ2) is 9.28. The number of nitrogens with zero attached hydrogens (tertiary/aromatic N) is 2. The third kappa shape index (κ3) is 5.37. The van der Waals surface area contributed by atoms with Gasteiger partial charge in [-0.05, 0) is 50.2 Å². The van der Waals surface area contributed by atoms with Gasteiger partial charge >= 0.3 is 6.03 Å². The van der Waals surface area contributed by atoms with Gasteiger partial charge in [-0.15, -0.1) is 0 Å². The van der Waals surface area contributed by atoms with Gasteiger partial charge in [0.15, 0.2) is 0 Å². The fourth-order valence-corrected chi connectivity index (χ4v) is 2.91. The van der Waals surface area contributed by atoms with Crippen molar-refractivity contribution < 1.29 is 9.59 Å². The van der Waals surface area contributed by atoms with Crippen LogP contribution in [-0.2, 0) is 0 Å². The molecule has 0 atom stereocenters. The Balaban J connectivity index is 2.23. The van der Waals surface area contributed by atoms with E-state index >= 15 is 0 Å². The van der Waals surface area contributed by atoms with Crippen LogP contribution in [0.2, 0.25) is 5.02 Å².